The maximum absolute atomic E-state index is 12.7. The quantitative estimate of drug-likeness (QED) is 0.158. The van der Waals surface area contributed by atoms with Crippen LogP contribution >= 0.6 is 0 Å². The number of allylic oxidation sites excluding steroid dienone is 2. The summed E-state index contributed by atoms with van der Waals surface area (Å²) in [5.74, 6) is 1.19. The van der Waals surface area contributed by atoms with Crippen LogP contribution in [-0.4, -0.2) is 62.1 Å². The second-order valence-electron chi connectivity index (χ2n) is 9.09. The molecule has 3 aliphatic carbocycles. The minimum absolute atomic E-state index is 0.0417. The number of nitrogens with zero attached hydrogens (tertiary/aromatic N) is 2. The van der Waals surface area contributed by atoms with Gasteiger partial charge in [0.05, 0.1) is 24.5 Å². The second kappa shape index (κ2) is 9.94. The molecule has 1 saturated heterocycles. The van der Waals surface area contributed by atoms with Crippen molar-refractivity contribution < 1.29 is 14.3 Å². The zero-order valence-corrected chi connectivity index (χ0v) is 18.1. The number of hydrogen-bond donors (Lipinski definition) is 2. The van der Waals surface area contributed by atoms with Gasteiger partial charge >= 0.3 is 0 Å². The summed E-state index contributed by atoms with van der Waals surface area (Å²) >= 11 is 0. The minimum atomic E-state index is -0.0941. The van der Waals surface area contributed by atoms with Crippen molar-refractivity contribution in [1.82, 2.24) is 15.5 Å². The highest BCUT2D eigenvalue weighted by atomic mass is 16.5. The lowest BCUT2D eigenvalue weighted by atomic mass is 9.85. The number of imide groups is 1. The molecule has 4 aliphatic rings. The predicted molar refractivity (Wildman–Crippen MR) is 116 cm³/mol. The van der Waals surface area contributed by atoms with E-state index in [2.05, 4.69) is 27.8 Å². The maximum atomic E-state index is 12.7. The molecule has 0 radical (unpaired) electrons. The molecule has 4 atom stereocenters. The number of ether oxygens (including phenoxy) is 1. The number of amides is 2. The third kappa shape index (κ3) is 4.56. The standard InChI is InChI=1S/C23H36N4O3/c1-24-23(26-12-14-30-18-7-4-2-3-5-8-18)25-11-6-13-27-21(28)19-16-9-10-17(15-16)20(19)22(27)29/h9-10,16-20H,2-8,11-15H2,1H3,(H2,24,25,26). The van der Waals surface area contributed by atoms with E-state index >= 15 is 0 Å². The van der Waals surface area contributed by atoms with Gasteiger partial charge in [-0.1, -0.05) is 37.8 Å². The first-order valence-electron chi connectivity index (χ1n) is 11.8. The number of rotatable bonds is 8. The van der Waals surface area contributed by atoms with Crippen LogP contribution in [0.15, 0.2) is 17.1 Å². The Hall–Kier alpha value is -1.89. The van der Waals surface area contributed by atoms with Crippen molar-refractivity contribution in [3.8, 4) is 0 Å². The van der Waals surface area contributed by atoms with Gasteiger partial charge in [-0.05, 0) is 37.5 Å². The van der Waals surface area contributed by atoms with E-state index in [1.807, 2.05) is 0 Å². The Morgan fingerprint density at radius 2 is 1.67 bits per heavy atom. The zero-order valence-electron chi connectivity index (χ0n) is 18.1. The van der Waals surface area contributed by atoms with Crippen LogP contribution in [0.25, 0.3) is 0 Å². The average molecular weight is 417 g/mol. The molecular weight excluding hydrogens is 380 g/mol. The van der Waals surface area contributed by atoms with Crippen molar-refractivity contribution in [2.24, 2.45) is 28.7 Å². The molecule has 0 spiro atoms. The summed E-state index contributed by atoms with van der Waals surface area (Å²) in [6.45, 7) is 2.55. The van der Waals surface area contributed by atoms with Gasteiger partial charge in [-0.2, -0.15) is 0 Å². The van der Waals surface area contributed by atoms with Crippen molar-refractivity contribution in [1.29, 1.82) is 0 Å². The third-order valence-corrected chi connectivity index (χ3v) is 7.19. The minimum Gasteiger partial charge on any atom is -0.376 e. The van der Waals surface area contributed by atoms with Crippen molar-refractivity contribution in [3.05, 3.63) is 12.2 Å². The van der Waals surface area contributed by atoms with Gasteiger partial charge in [0.25, 0.3) is 0 Å². The molecule has 2 bridgehead atoms. The van der Waals surface area contributed by atoms with Gasteiger partial charge in [0, 0.05) is 26.7 Å². The van der Waals surface area contributed by atoms with E-state index < -0.39 is 0 Å². The molecule has 1 aliphatic heterocycles. The highest BCUT2D eigenvalue weighted by molar-refractivity contribution is 6.06. The van der Waals surface area contributed by atoms with Gasteiger partial charge < -0.3 is 15.4 Å². The Morgan fingerprint density at radius 1 is 1.03 bits per heavy atom. The van der Waals surface area contributed by atoms with Crippen LogP contribution in [0.1, 0.15) is 51.4 Å². The van der Waals surface area contributed by atoms with Crippen molar-refractivity contribution in [2.75, 3.05) is 33.3 Å². The Labute approximate surface area is 179 Å². The summed E-state index contributed by atoms with van der Waals surface area (Å²) in [4.78, 5) is 31.1. The number of likely N-dealkylation sites (tertiary alicyclic amines) is 1. The molecule has 1 heterocycles. The number of carbonyl (C=O) groups is 2. The number of hydrogen-bond acceptors (Lipinski definition) is 4. The molecule has 2 amide bonds. The fraction of sp³-hybridized carbons (Fsp3) is 0.783. The average Bonchev–Trinajstić information content (AvgIpc) is 3.36. The topological polar surface area (TPSA) is 83.0 Å². The van der Waals surface area contributed by atoms with Crippen LogP contribution in [-0.2, 0) is 14.3 Å². The predicted octanol–water partition coefficient (Wildman–Crippen LogP) is 2.09. The molecule has 0 aromatic carbocycles. The lowest BCUT2D eigenvalue weighted by Gasteiger charge is -2.18. The van der Waals surface area contributed by atoms with Gasteiger partial charge in [-0.3, -0.25) is 19.5 Å². The molecule has 7 nitrogen and oxygen atoms in total. The molecule has 3 fully saturated rings. The summed E-state index contributed by atoms with van der Waals surface area (Å²) in [7, 11) is 1.75. The van der Waals surface area contributed by atoms with Gasteiger partial charge in [0.2, 0.25) is 11.8 Å². The van der Waals surface area contributed by atoms with Crippen LogP contribution in [0, 0.1) is 23.7 Å². The SMILES string of the molecule is CN=C(NCCCN1C(=O)C2C3C=CC(C3)C2C1=O)NCCOC1CCCCCC1. The molecule has 0 aromatic heterocycles. The van der Waals surface area contributed by atoms with E-state index in [4.69, 9.17) is 4.74 Å². The van der Waals surface area contributed by atoms with Crippen LogP contribution in [0.4, 0.5) is 0 Å². The normalized spacial score (nSPS) is 31.4. The third-order valence-electron chi connectivity index (χ3n) is 7.19. The van der Waals surface area contributed by atoms with E-state index in [0.717, 1.165) is 25.3 Å². The summed E-state index contributed by atoms with van der Waals surface area (Å²) in [5.41, 5.74) is 0. The molecular formula is C23H36N4O3. The van der Waals surface area contributed by atoms with Gasteiger partial charge in [-0.15, -0.1) is 0 Å². The highest BCUT2D eigenvalue weighted by Gasteiger charge is 2.58. The van der Waals surface area contributed by atoms with Crippen LogP contribution in [0.5, 0.6) is 0 Å². The lowest BCUT2D eigenvalue weighted by Crippen LogP contribution is -2.41. The van der Waals surface area contributed by atoms with E-state index in [9.17, 15) is 9.59 Å². The monoisotopic (exact) mass is 416 g/mol. The van der Waals surface area contributed by atoms with E-state index in [1.165, 1.54) is 43.4 Å². The summed E-state index contributed by atoms with van der Waals surface area (Å²) in [6, 6.07) is 0. The summed E-state index contributed by atoms with van der Waals surface area (Å²) < 4.78 is 6.00. The maximum Gasteiger partial charge on any atom is 0.233 e. The zero-order chi connectivity index (χ0) is 20.9. The number of fused-ring (bicyclic) bond motifs is 5. The second-order valence-corrected chi connectivity index (χ2v) is 9.09. The summed E-state index contributed by atoms with van der Waals surface area (Å²) in [6.07, 6.45) is 14.0. The van der Waals surface area contributed by atoms with Crippen LogP contribution < -0.4 is 10.6 Å². The van der Waals surface area contributed by atoms with E-state index in [0.29, 0.717) is 25.8 Å². The molecule has 30 heavy (non-hydrogen) atoms. The van der Waals surface area contributed by atoms with Crippen molar-refractivity contribution >= 4 is 17.8 Å². The van der Waals surface area contributed by atoms with Crippen LogP contribution in [0.2, 0.25) is 0 Å². The number of guanidine groups is 1. The molecule has 7 heteroatoms. The largest absolute Gasteiger partial charge is 0.376 e. The summed E-state index contributed by atoms with van der Waals surface area (Å²) in [5, 5.41) is 6.55. The lowest BCUT2D eigenvalue weighted by molar-refractivity contribution is -0.140. The Balaban J connectivity index is 1.11. The number of carbonyl (C=O) groups excluding carboxylic acids is 2. The fourth-order valence-electron chi connectivity index (χ4n) is 5.65. The van der Waals surface area contributed by atoms with Gasteiger partial charge in [0.15, 0.2) is 5.96 Å². The Bertz CT molecular complexity index is 654. The number of nitrogens with one attached hydrogen (secondary N) is 2. The van der Waals surface area contributed by atoms with Gasteiger partial charge in [-0.25, -0.2) is 0 Å². The first-order chi connectivity index (χ1) is 14.7. The molecule has 4 rings (SSSR count). The number of aliphatic imine (C=N–C) groups is 1. The Kier molecular flexibility index (Phi) is 7.08. The van der Waals surface area contributed by atoms with E-state index in [1.54, 1.807) is 7.05 Å². The van der Waals surface area contributed by atoms with Crippen molar-refractivity contribution in [2.45, 2.75) is 57.5 Å². The molecule has 4 unspecified atom stereocenters. The molecule has 166 valence electrons. The van der Waals surface area contributed by atoms with Crippen molar-refractivity contribution in [3.63, 3.8) is 0 Å². The smallest absolute Gasteiger partial charge is 0.233 e. The highest BCUT2D eigenvalue weighted by Crippen LogP contribution is 2.52. The first-order valence-corrected chi connectivity index (χ1v) is 11.8. The molecule has 0 aromatic rings. The van der Waals surface area contributed by atoms with E-state index in [-0.39, 0.29) is 35.5 Å². The fourth-order valence-corrected chi connectivity index (χ4v) is 5.65. The molecule has 2 saturated carbocycles. The molecule has 2 N–H and O–H groups in total. The first kappa shape index (κ1) is 21.3. The Morgan fingerprint density at radius 3 is 2.30 bits per heavy atom. The van der Waals surface area contributed by atoms with Gasteiger partial charge in [0.1, 0.15) is 0 Å². The van der Waals surface area contributed by atoms with Crippen LogP contribution in [0.3, 0.4) is 0 Å².